The zero-order valence-corrected chi connectivity index (χ0v) is 6.95. The first-order valence-electron chi connectivity index (χ1n) is 4.18. The lowest BCUT2D eigenvalue weighted by atomic mass is 10.1. The summed E-state index contributed by atoms with van der Waals surface area (Å²) in [5.41, 5.74) is 0. The van der Waals surface area contributed by atoms with Crippen LogP contribution in [0.15, 0.2) is 0 Å². The molecule has 1 aliphatic heterocycles. The third-order valence-corrected chi connectivity index (χ3v) is 1.85. The molecule has 66 valence electrons. The van der Waals surface area contributed by atoms with E-state index in [1.165, 1.54) is 0 Å². The van der Waals surface area contributed by atoms with E-state index in [1.54, 1.807) is 0 Å². The fourth-order valence-electron chi connectivity index (χ4n) is 1.13. The number of aliphatic hydroxyl groups is 1. The summed E-state index contributed by atoms with van der Waals surface area (Å²) in [5, 5.41) is 9.28. The van der Waals surface area contributed by atoms with Crippen molar-refractivity contribution >= 4 is 0 Å². The molecular weight excluding hydrogens is 144 g/mol. The average Bonchev–Trinajstić information content (AvgIpc) is 2.37. The fraction of sp³-hybridized carbons (Fsp3) is 1.00. The van der Waals surface area contributed by atoms with Gasteiger partial charge in [-0.15, -0.1) is 0 Å². The molecule has 11 heavy (non-hydrogen) atoms. The van der Waals surface area contributed by atoms with E-state index in [2.05, 4.69) is 6.92 Å². The summed E-state index contributed by atoms with van der Waals surface area (Å²) in [4.78, 5) is 0. The maximum atomic E-state index is 9.28. The van der Waals surface area contributed by atoms with Gasteiger partial charge >= 0.3 is 0 Å². The Hall–Kier alpha value is -0.120. The largest absolute Gasteiger partial charge is 0.390 e. The Morgan fingerprint density at radius 1 is 1.55 bits per heavy atom. The first-order valence-corrected chi connectivity index (χ1v) is 4.18. The summed E-state index contributed by atoms with van der Waals surface area (Å²) in [6, 6.07) is 0. The van der Waals surface area contributed by atoms with Crippen LogP contribution in [0.1, 0.15) is 13.3 Å². The van der Waals surface area contributed by atoms with Gasteiger partial charge in [0, 0.05) is 12.5 Å². The van der Waals surface area contributed by atoms with E-state index in [1.807, 2.05) is 0 Å². The average molecular weight is 160 g/mol. The lowest BCUT2D eigenvalue weighted by molar-refractivity contribution is 0.0532. The molecule has 0 bridgehead atoms. The van der Waals surface area contributed by atoms with Gasteiger partial charge in [-0.3, -0.25) is 0 Å². The molecule has 1 rings (SSSR count). The summed E-state index contributed by atoms with van der Waals surface area (Å²) in [6.07, 6.45) is 0.718. The van der Waals surface area contributed by atoms with Crippen molar-refractivity contribution in [2.45, 2.75) is 19.4 Å². The minimum atomic E-state index is -0.313. The smallest absolute Gasteiger partial charge is 0.0845 e. The van der Waals surface area contributed by atoms with Gasteiger partial charge in [0.1, 0.15) is 0 Å². The van der Waals surface area contributed by atoms with Crippen LogP contribution in [-0.2, 0) is 9.47 Å². The maximum Gasteiger partial charge on any atom is 0.0845 e. The second-order valence-electron chi connectivity index (χ2n) is 2.94. The lowest BCUT2D eigenvalue weighted by Gasteiger charge is -2.11. The van der Waals surface area contributed by atoms with Crippen LogP contribution in [0, 0.1) is 5.92 Å². The Morgan fingerprint density at radius 2 is 2.36 bits per heavy atom. The second-order valence-corrected chi connectivity index (χ2v) is 2.94. The van der Waals surface area contributed by atoms with Crippen molar-refractivity contribution in [1.82, 2.24) is 0 Å². The van der Waals surface area contributed by atoms with Crippen molar-refractivity contribution in [1.29, 1.82) is 0 Å². The van der Waals surface area contributed by atoms with E-state index >= 15 is 0 Å². The van der Waals surface area contributed by atoms with Crippen molar-refractivity contribution in [2.24, 2.45) is 5.92 Å². The van der Waals surface area contributed by atoms with E-state index in [0.29, 0.717) is 19.8 Å². The van der Waals surface area contributed by atoms with Crippen molar-refractivity contribution in [3.63, 3.8) is 0 Å². The van der Waals surface area contributed by atoms with Gasteiger partial charge in [-0.2, -0.15) is 0 Å². The minimum Gasteiger partial charge on any atom is -0.390 e. The Labute approximate surface area is 67.3 Å². The molecule has 3 heteroatoms. The SMILES string of the molecule is CCCOCC1COCC1O. The van der Waals surface area contributed by atoms with E-state index in [4.69, 9.17) is 9.47 Å². The van der Waals surface area contributed by atoms with E-state index in [-0.39, 0.29) is 12.0 Å². The van der Waals surface area contributed by atoms with Gasteiger partial charge in [0.25, 0.3) is 0 Å². The number of hydrogen-bond acceptors (Lipinski definition) is 3. The predicted octanol–water partition coefficient (Wildman–Crippen LogP) is 0.420. The monoisotopic (exact) mass is 160 g/mol. The molecule has 1 heterocycles. The molecule has 0 amide bonds. The molecule has 2 unspecified atom stereocenters. The van der Waals surface area contributed by atoms with Crippen LogP contribution in [0.2, 0.25) is 0 Å². The molecular formula is C8H16O3. The van der Waals surface area contributed by atoms with E-state index < -0.39 is 0 Å². The highest BCUT2D eigenvalue weighted by atomic mass is 16.5. The topological polar surface area (TPSA) is 38.7 Å². The summed E-state index contributed by atoms with van der Waals surface area (Å²) >= 11 is 0. The predicted molar refractivity (Wildman–Crippen MR) is 41.4 cm³/mol. The summed E-state index contributed by atoms with van der Waals surface area (Å²) in [6.45, 7) is 4.60. The molecule has 0 saturated carbocycles. The molecule has 0 spiro atoms. The molecule has 1 fully saturated rings. The van der Waals surface area contributed by atoms with Gasteiger partial charge in [-0.05, 0) is 6.42 Å². The third-order valence-electron chi connectivity index (χ3n) is 1.85. The minimum absolute atomic E-state index is 0.196. The van der Waals surface area contributed by atoms with Crippen LogP contribution >= 0.6 is 0 Å². The van der Waals surface area contributed by atoms with Crippen molar-refractivity contribution in [3.8, 4) is 0 Å². The molecule has 2 atom stereocenters. The van der Waals surface area contributed by atoms with E-state index in [0.717, 1.165) is 13.0 Å². The molecule has 1 aliphatic rings. The van der Waals surface area contributed by atoms with Crippen molar-refractivity contribution in [2.75, 3.05) is 26.4 Å². The zero-order chi connectivity index (χ0) is 8.10. The number of rotatable bonds is 4. The van der Waals surface area contributed by atoms with Gasteiger partial charge in [-0.25, -0.2) is 0 Å². The number of ether oxygens (including phenoxy) is 2. The van der Waals surface area contributed by atoms with Crippen molar-refractivity contribution in [3.05, 3.63) is 0 Å². The molecule has 0 aromatic rings. The summed E-state index contributed by atoms with van der Waals surface area (Å²) in [5.74, 6) is 0.196. The standard InChI is InChI=1S/C8H16O3/c1-2-3-10-4-7-5-11-6-8(7)9/h7-9H,2-6H2,1H3. The molecule has 0 aliphatic carbocycles. The lowest BCUT2D eigenvalue weighted by Crippen LogP contribution is -2.22. The molecule has 3 nitrogen and oxygen atoms in total. The van der Waals surface area contributed by atoms with Gasteiger partial charge in [0.2, 0.25) is 0 Å². The quantitative estimate of drug-likeness (QED) is 0.606. The normalized spacial score (nSPS) is 31.1. The molecule has 0 aromatic heterocycles. The summed E-state index contributed by atoms with van der Waals surface area (Å²) < 4.78 is 10.4. The second kappa shape index (κ2) is 4.70. The summed E-state index contributed by atoms with van der Waals surface area (Å²) in [7, 11) is 0. The Kier molecular flexibility index (Phi) is 3.83. The first kappa shape index (κ1) is 8.97. The van der Waals surface area contributed by atoms with Crippen LogP contribution in [-0.4, -0.2) is 37.6 Å². The van der Waals surface area contributed by atoms with Crippen LogP contribution in [0.3, 0.4) is 0 Å². The zero-order valence-electron chi connectivity index (χ0n) is 6.95. The maximum absolute atomic E-state index is 9.28. The molecule has 0 radical (unpaired) electrons. The number of aliphatic hydroxyl groups excluding tert-OH is 1. The molecule has 1 saturated heterocycles. The van der Waals surface area contributed by atoms with Crippen molar-refractivity contribution < 1.29 is 14.6 Å². The van der Waals surface area contributed by atoms with Crippen LogP contribution in [0.25, 0.3) is 0 Å². The van der Waals surface area contributed by atoms with Crippen LogP contribution in [0.5, 0.6) is 0 Å². The highest BCUT2D eigenvalue weighted by Crippen LogP contribution is 2.13. The Balaban J connectivity index is 2.05. The molecule has 0 aromatic carbocycles. The number of hydrogen-bond donors (Lipinski definition) is 1. The highest BCUT2D eigenvalue weighted by molar-refractivity contribution is 4.73. The van der Waals surface area contributed by atoms with Gasteiger partial charge in [0.15, 0.2) is 0 Å². The highest BCUT2D eigenvalue weighted by Gasteiger charge is 2.25. The van der Waals surface area contributed by atoms with E-state index in [9.17, 15) is 5.11 Å². The fourth-order valence-corrected chi connectivity index (χ4v) is 1.13. The Morgan fingerprint density at radius 3 is 2.91 bits per heavy atom. The van der Waals surface area contributed by atoms with Gasteiger partial charge in [0.05, 0.1) is 25.9 Å². The van der Waals surface area contributed by atoms with Gasteiger partial charge in [-0.1, -0.05) is 6.92 Å². The van der Waals surface area contributed by atoms with Crippen LogP contribution < -0.4 is 0 Å². The Bertz CT molecular complexity index is 106. The third kappa shape index (κ3) is 2.77. The van der Waals surface area contributed by atoms with Crippen LogP contribution in [0.4, 0.5) is 0 Å². The van der Waals surface area contributed by atoms with Gasteiger partial charge < -0.3 is 14.6 Å². The first-order chi connectivity index (χ1) is 5.34. The molecule has 1 N–H and O–H groups in total.